The Morgan fingerprint density at radius 1 is 1.06 bits per heavy atom. The van der Waals surface area contributed by atoms with Gasteiger partial charge in [-0.3, -0.25) is 0 Å². The van der Waals surface area contributed by atoms with Crippen molar-refractivity contribution in [1.29, 1.82) is 0 Å². The van der Waals surface area contributed by atoms with Gasteiger partial charge in [-0.2, -0.15) is 0 Å². The Bertz CT molecular complexity index is 523. The first kappa shape index (κ1) is 13.6. The Balaban J connectivity index is 0.00000144. The summed E-state index contributed by atoms with van der Waals surface area (Å²) in [5.41, 5.74) is 2.85. The average Bonchev–Trinajstić information content (AvgIpc) is 2.28. The average molecular weight is 218 g/mol. The van der Waals surface area contributed by atoms with Crippen LogP contribution in [-0.2, 0) is 0 Å². The summed E-state index contributed by atoms with van der Waals surface area (Å²) in [5.74, 6) is 0.0302. The summed E-state index contributed by atoms with van der Waals surface area (Å²) in [7, 11) is 0. The molecule has 2 nitrogen and oxygen atoms in total. The predicted octanol–water partition coefficient (Wildman–Crippen LogP) is 0.519. The van der Waals surface area contributed by atoms with Crippen molar-refractivity contribution in [2.24, 2.45) is 0 Å². The number of benzene rings is 2. The van der Waals surface area contributed by atoms with Crippen molar-refractivity contribution in [2.75, 3.05) is 0 Å². The summed E-state index contributed by atoms with van der Waals surface area (Å²) in [6.45, 7) is 2.03. The first-order valence-corrected chi connectivity index (χ1v) is 5.18. The van der Waals surface area contributed by atoms with Gasteiger partial charge in [0.1, 0.15) is 0 Å². The molecule has 2 aromatic carbocycles. The van der Waals surface area contributed by atoms with Crippen LogP contribution in [0.25, 0.3) is 0 Å². The van der Waals surface area contributed by atoms with E-state index < -0.39 is 0 Å². The van der Waals surface area contributed by atoms with Crippen LogP contribution < -0.4 is 10.1 Å². The van der Waals surface area contributed by atoms with Gasteiger partial charge in [-0.1, -0.05) is 36.1 Å². The number of aryl methyl sites for hydroxylation is 1. The van der Waals surface area contributed by atoms with E-state index in [2.05, 4.69) is 4.99 Å². The Hall–Kier alpha value is -1.49. The van der Waals surface area contributed by atoms with Crippen molar-refractivity contribution >= 4 is 30.8 Å². The summed E-state index contributed by atoms with van der Waals surface area (Å²) in [6.07, 6.45) is 1.73. The van der Waals surface area contributed by atoms with E-state index in [0.29, 0.717) is 5.56 Å². The van der Waals surface area contributed by atoms with Crippen LogP contribution in [0.15, 0.2) is 48.5 Å². The fourth-order valence-electron chi connectivity index (χ4n) is 1.50. The van der Waals surface area contributed by atoms with Crippen LogP contribution in [0, 0.1) is 6.92 Å². The van der Waals surface area contributed by atoms with E-state index in [1.54, 1.807) is 24.4 Å². The minimum atomic E-state index is 0. The molecule has 0 aliphatic rings. The summed E-state index contributed by atoms with van der Waals surface area (Å²) in [4.78, 5) is 3.12. The van der Waals surface area contributed by atoms with Crippen molar-refractivity contribution in [3.8, 4) is 5.75 Å². The third-order valence-electron chi connectivity index (χ3n) is 2.33. The van der Waals surface area contributed by atoms with Crippen LogP contribution in [0.3, 0.4) is 0 Å². The first-order chi connectivity index (χ1) is 7.75. The summed E-state index contributed by atoms with van der Waals surface area (Å²) in [6, 6.07) is 15.0. The van der Waals surface area contributed by atoms with Crippen LogP contribution in [-0.4, -0.2) is 25.1 Å². The van der Waals surface area contributed by atoms with Crippen LogP contribution >= 0.6 is 0 Å². The van der Waals surface area contributed by atoms with Crippen molar-refractivity contribution in [3.63, 3.8) is 0 Å². The second-order valence-corrected chi connectivity index (χ2v) is 3.70. The van der Waals surface area contributed by atoms with Crippen LogP contribution in [0.1, 0.15) is 11.1 Å². The summed E-state index contributed by atoms with van der Waals surface area (Å²) < 4.78 is 0. The topological polar surface area (TPSA) is 37.0 Å². The smallest absolute Gasteiger partial charge is 0.203 e. The molecule has 0 saturated carbocycles. The van der Waals surface area contributed by atoms with Gasteiger partial charge in [-0.15, -0.1) is 0 Å². The number of hydrogen-bond donors (Lipinski definition) is 1. The van der Waals surface area contributed by atoms with Gasteiger partial charge in [-0.05, 0) is 18.6 Å². The van der Waals surface area contributed by atoms with Gasteiger partial charge < -0.3 is 24.0 Å². The second-order valence-electron chi connectivity index (χ2n) is 3.70. The molecule has 0 saturated heterocycles. The standard InChI is InChI=1S/C14H13NO.Li/c1-11-5-4-7-13(9-11)15-10-12-6-2-3-8-14(12)16;/h2-10,16H,1H3;/q;-1. The molecule has 2 aromatic rings. The Labute approximate surface area is 113 Å². The zero-order valence-corrected chi connectivity index (χ0v) is 10.1. The number of nitrogens with one attached hydrogen (secondary N) is 1. The van der Waals surface area contributed by atoms with E-state index in [9.17, 15) is 5.11 Å². The minimum Gasteiger partial charge on any atom is -1.00 e. The Morgan fingerprint density at radius 2 is 1.82 bits per heavy atom. The maximum absolute atomic E-state index is 11.4. The summed E-state index contributed by atoms with van der Waals surface area (Å²) in [5, 5.41) is 11.4. The minimum absolute atomic E-state index is 0. The number of hydrogen-bond acceptors (Lipinski definition) is 1. The van der Waals surface area contributed by atoms with Crippen molar-refractivity contribution in [2.45, 2.75) is 6.92 Å². The molecular weight excluding hydrogens is 205 g/mol. The summed E-state index contributed by atoms with van der Waals surface area (Å²) >= 11 is 0. The van der Waals surface area contributed by atoms with E-state index in [1.807, 2.05) is 37.3 Å². The molecule has 0 aromatic heterocycles. The quantitative estimate of drug-likeness (QED) is 0.579. The van der Waals surface area contributed by atoms with Crippen molar-refractivity contribution in [3.05, 3.63) is 59.7 Å². The molecule has 2 rings (SSSR count). The molecule has 17 heavy (non-hydrogen) atoms. The van der Waals surface area contributed by atoms with E-state index in [0.717, 1.165) is 5.69 Å². The predicted molar refractivity (Wildman–Crippen MR) is 68.6 cm³/mol. The maximum atomic E-state index is 11.4. The van der Waals surface area contributed by atoms with Gasteiger partial charge in [0, 0.05) is 17.7 Å². The molecular formula is C14H13LiNO-. The van der Waals surface area contributed by atoms with Gasteiger partial charge in [0.25, 0.3) is 0 Å². The van der Waals surface area contributed by atoms with Gasteiger partial charge in [0.2, 0.25) is 5.69 Å². The molecule has 82 valence electrons. The van der Waals surface area contributed by atoms with Gasteiger partial charge in [0.15, 0.2) is 6.21 Å². The zero-order chi connectivity index (χ0) is 11.4. The molecule has 0 heterocycles. The molecule has 0 amide bonds. The normalized spacial score (nSPS) is 10.2. The van der Waals surface area contributed by atoms with Crippen LogP contribution in [0.4, 0.5) is 5.69 Å². The fourth-order valence-corrected chi connectivity index (χ4v) is 1.50. The first-order valence-electron chi connectivity index (χ1n) is 5.18. The molecule has 0 spiro atoms. The molecule has 0 bridgehead atoms. The van der Waals surface area contributed by atoms with E-state index in [4.69, 9.17) is 0 Å². The second kappa shape index (κ2) is 6.29. The molecule has 0 fully saturated rings. The number of para-hydroxylation sites is 1. The van der Waals surface area contributed by atoms with Crippen LogP contribution in [0.5, 0.6) is 5.75 Å². The number of rotatable bonds is 2. The van der Waals surface area contributed by atoms with Gasteiger partial charge >= 0.3 is 0 Å². The monoisotopic (exact) mass is 218 g/mol. The van der Waals surface area contributed by atoms with Crippen molar-refractivity contribution < 1.29 is 10.1 Å². The molecule has 3 heteroatoms. The van der Waals surface area contributed by atoms with E-state index in [-0.39, 0.29) is 24.6 Å². The maximum Gasteiger partial charge on any atom is 0.203 e. The van der Waals surface area contributed by atoms with Gasteiger partial charge in [0.05, 0.1) is 0 Å². The SMILES string of the molecule is Cc1cccc([NH+]=Cc2ccccc2[O-])c1.[Li-]. The van der Waals surface area contributed by atoms with E-state index in [1.165, 1.54) is 5.56 Å². The molecule has 0 unspecified atom stereocenters. The van der Waals surface area contributed by atoms with Crippen molar-refractivity contribution in [1.82, 2.24) is 0 Å². The third kappa shape index (κ3) is 3.78. The van der Waals surface area contributed by atoms with Gasteiger partial charge in [-0.25, -0.2) is 4.99 Å². The molecule has 2 radical (unpaired) electrons. The molecule has 0 aliphatic heterocycles. The zero-order valence-electron chi connectivity index (χ0n) is 10.1. The Kier molecular flexibility index (Phi) is 5.02. The third-order valence-corrected chi connectivity index (χ3v) is 2.33. The van der Waals surface area contributed by atoms with E-state index >= 15 is 0 Å². The molecule has 0 atom stereocenters. The largest absolute Gasteiger partial charge is 1.00 e. The molecule has 1 N–H and O–H groups in total. The Morgan fingerprint density at radius 3 is 2.53 bits per heavy atom. The molecule has 0 aliphatic carbocycles. The van der Waals surface area contributed by atoms with Crippen LogP contribution in [0.2, 0.25) is 0 Å². The fraction of sp³-hybridized carbons (Fsp3) is 0.0714.